The maximum Gasteiger partial charge on any atom is 0.225 e. The molecule has 0 aromatic heterocycles. The van der Waals surface area contributed by atoms with Gasteiger partial charge >= 0.3 is 0 Å². The Bertz CT molecular complexity index is 660. The van der Waals surface area contributed by atoms with Gasteiger partial charge in [0.15, 0.2) is 0 Å². The molecule has 0 bridgehead atoms. The van der Waals surface area contributed by atoms with Crippen LogP contribution in [0.25, 0.3) is 0 Å². The molecule has 2 aliphatic rings. The van der Waals surface area contributed by atoms with Crippen LogP contribution in [0.5, 0.6) is 0 Å². The van der Waals surface area contributed by atoms with Gasteiger partial charge < -0.3 is 19.7 Å². The number of ether oxygens (including phenoxy) is 2. The van der Waals surface area contributed by atoms with Crippen LogP contribution in [0.2, 0.25) is 0 Å². The molecule has 1 saturated heterocycles. The van der Waals surface area contributed by atoms with Crippen molar-refractivity contribution in [3.8, 4) is 0 Å². The van der Waals surface area contributed by atoms with Crippen LogP contribution in [0.4, 0.5) is 0 Å². The van der Waals surface area contributed by atoms with Crippen LogP contribution in [0.15, 0.2) is 23.8 Å². The second kappa shape index (κ2) is 13.8. The van der Waals surface area contributed by atoms with E-state index in [1.807, 2.05) is 4.90 Å². The molecule has 1 fully saturated rings. The summed E-state index contributed by atoms with van der Waals surface area (Å²) in [7, 11) is 3.33. The van der Waals surface area contributed by atoms with Crippen LogP contribution >= 0.6 is 0 Å². The van der Waals surface area contributed by atoms with E-state index in [1.165, 1.54) is 5.57 Å². The summed E-state index contributed by atoms with van der Waals surface area (Å²) in [6.07, 6.45) is 12.7. The monoisotopic (exact) mass is 448 g/mol. The van der Waals surface area contributed by atoms with Crippen LogP contribution in [-0.2, 0) is 19.1 Å². The van der Waals surface area contributed by atoms with Crippen molar-refractivity contribution >= 4 is 11.8 Å². The third kappa shape index (κ3) is 7.73. The molecule has 182 valence electrons. The predicted molar refractivity (Wildman–Crippen MR) is 128 cm³/mol. The van der Waals surface area contributed by atoms with Gasteiger partial charge in [-0.15, -0.1) is 0 Å². The van der Waals surface area contributed by atoms with E-state index in [1.54, 1.807) is 14.2 Å². The summed E-state index contributed by atoms with van der Waals surface area (Å²) in [4.78, 5) is 27.7. The van der Waals surface area contributed by atoms with E-state index in [0.717, 1.165) is 45.1 Å². The second-order valence-electron chi connectivity index (χ2n) is 9.36. The molecule has 5 atom stereocenters. The first-order chi connectivity index (χ1) is 15.4. The minimum Gasteiger partial charge on any atom is -0.381 e. The van der Waals surface area contributed by atoms with E-state index in [9.17, 15) is 9.59 Å². The summed E-state index contributed by atoms with van der Waals surface area (Å²) in [5.74, 6) is 0.898. The normalized spacial score (nSPS) is 22.2. The number of hydrogen-bond acceptors (Lipinski definition) is 4. The molecule has 0 radical (unpaired) electrons. The first-order valence-electron chi connectivity index (χ1n) is 12.4. The summed E-state index contributed by atoms with van der Waals surface area (Å²) in [5, 5.41) is 3.02. The van der Waals surface area contributed by atoms with E-state index in [4.69, 9.17) is 9.47 Å². The van der Waals surface area contributed by atoms with Crippen molar-refractivity contribution in [2.75, 3.05) is 27.3 Å². The maximum atomic E-state index is 13.2. The minimum atomic E-state index is -0.289. The van der Waals surface area contributed by atoms with Gasteiger partial charge in [-0.05, 0) is 43.9 Å². The van der Waals surface area contributed by atoms with Crippen LogP contribution in [0.3, 0.4) is 0 Å². The summed E-state index contributed by atoms with van der Waals surface area (Å²) in [6.45, 7) is 7.89. The lowest BCUT2D eigenvalue weighted by Crippen LogP contribution is -2.47. The topological polar surface area (TPSA) is 67.9 Å². The highest BCUT2D eigenvalue weighted by atomic mass is 16.5. The van der Waals surface area contributed by atoms with Crippen molar-refractivity contribution < 1.29 is 19.1 Å². The van der Waals surface area contributed by atoms with Crippen molar-refractivity contribution in [1.82, 2.24) is 10.2 Å². The summed E-state index contributed by atoms with van der Waals surface area (Å²) in [5.41, 5.74) is 1.28. The molecule has 6 heteroatoms. The molecule has 32 heavy (non-hydrogen) atoms. The van der Waals surface area contributed by atoms with Crippen LogP contribution < -0.4 is 5.32 Å². The third-order valence-corrected chi connectivity index (χ3v) is 7.35. The van der Waals surface area contributed by atoms with Gasteiger partial charge in [-0.2, -0.15) is 0 Å². The zero-order chi connectivity index (χ0) is 23.5. The Morgan fingerprint density at radius 2 is 1.97 bits per heavy atom. The van der Waals surface area contributed by atoms with E-state index in [-0.39, 0.29) is 36.5 Å². The van der Waals surface area contributed by atoms with E-state index in [2.05, 4.69) is 44.3 Å². The molecule has 1 N–H and O–H groups in total. The Labute approximate surface area is 194 Å². The Balaban J connectivity index is 1.88. The summed E-state index contributed by atoms with van der Waals surface area (Å²) in [6, 6.07) is -0.0568. The van der Waals surface area contributed by atoms with E-state index in [0.29, 0.717) is 24.8 Å². The van der Waals surface area contributed by atoms with Crippen LogP contribution in [-0.4, -0.2) is 62.3 Å². The minimum absolute atomic E-state index is 0.0169. The Morgan fingerprint density at radius 3 is 2.59 bits per heavy atom. The molecule has 5 unspecified atom stereocenters. The number of carbonyl (C=O) groups is 2. The molecule has 0 aromatic rings. The molecular weight excluding hydrogens is 404 g/mol. The fourth-order valence-corrected chi connectivity index (χ4v) is 4.83. The highest BCUT2D eigenvalue weighted by molar-refractivity contribution is 5.78. The van der Waals surface area contributed by atoms with Gasteiger partial charge in [0.25, 0.3) is 0 Å². The zero-order valence-electron chi connectivity index (χ0n) is 20.8. The number of nitrogens with zero attached hydrogens (tertiary/aromatic N) is 1. The van der Waals surface area contributed by atoms with Crippen molar-refractivity contribution in [3.05, 3.63) is 23.8 Å². The number of nitrogens with one attached hydrogen (secondary N) is 1. The molecule has 1 aliphatic carbocycles. The molecule has 1 aliphatic heterocycles. The van der Waals surface area contributed by atoms with Gasteiger partial charge in [0.05, 0.1) is 31.1 Å². The van der Waals surface area contributed by atoms with Gasteiger partial charge in [-0.1, -0.05) is 51.0 Å². The quantitative estimate of drug-likeness (QED) is 0.457. The Morgan fingerprint density at radius 1 is 1.19 bits per heavy atom. The van der Waals surface area contributed by atoms with Gasteiger partial charge in [-0.25, -0.2) is 0 Å². The first kappa shape index (κ1) is 26.6. The number of methoxy groups -OCH3 is 2. The fourth-order valence-electron chi connectivity index (χ4n) is 4.83. The molecular formula is C26H44N2O4. The third-order valence-electron chi connectivity index (χ3n) is 7.35. The molecule has 0 spiro atoms. The van der Waals surface area contributed by atoms with Crippen molar-refractivity contribution in [2.24, 2.45) is 11.8 Å². The number of hydrogen-bond donors (Lipinski definition) is 1. The van der Waals surface area contributed by atoms with Gasteiger partial charge in [-0.3, -0.25) is 9.59 Å². The number of amides is 2. The van der Waals surface area contributed by atoms with Gasteiger partial charge in [0, 0.05) is 27.3 Å². The molecule has 0 aromatic carbocycles. The van der Waals surface area contributed by atoms with Crippen molar-refractivity contribution in [1.29, 1.82) is 0 Å². The van der Waals surface area contributed by atoms with Crippen molar-refractivity contribution in [3.63, 3.8) is 0 Å². The molecule has 1 heterocycles. The number of rotatable bonds is 13. The van der Waals surface area contributed by atoms with E-state index < -0.39 is 0 Å². The average molecular weight is 449 g/mol. The highest BCUT2D eigenvalue weighted by Crippen LogP contribution is 2.28. The fraction of sp³-hybridized carbons (Fsp3) is 0.769. The lowest BCUT2D eigenvalue weighted by atomic mass is 9.87. The number of allylic oxidation sites excluding steroid dienone is 3. The second-order valence-corrected chi connectivity index (χ2v) is 9.36. The summed E-state index contributed by atoms with van der Waals surface area (Å²) < 4.78 is 11.4. The van der Waals surface area contributed by atoms with Crippen LogP contribution in [0, 0.1) is 11.8 Å². The largest absolute Gasteiger partial charge is 0.381 e. The first-order valence-corrected chi connectivity index (χ1v) is 12.4. The smallest absolute Gasteiger partial charge is 0.225 e. The molecule has 6 nitrogen and oxygen atoms in total. The van der Waals surface area contributed by atoms with Gasteiger partial charge in [0.1, 0.15) is 0 Å². The van der Waals surface area contributed by atoms with Gasteiger partial charge in [0.2, 0.25) is 11.8 Å². The van der Waals surface area contributed by atoms with Crippen molar-refractivity contribution in [2.45, 2.75) is 90.4 Å². The van der Waals surface area contributed by atoms with E-state index >= 15 is 0 Å². The highest BCUT2D eigenvalue weighted by Gasteiger charge is 2.37. The lowest BCUT2D eigenvalue weighted by molar-refractivity contribution is -0.140. The molecule has 2 rings (SSSR count). The predicted octanol–water partition coefficient (Wildman–Crippen LogP) is 4.25. The number of likely N-dealkylation sites (tertiary alicyclic amines) is 1. The lowest BCUT2D eigenvalue weighted by Gasteiger charge is -2.33. The number of carbonyl (C=O) groups excluding carboxylic acids is 2. The SMILES string of the molecule is CCC(C)C(C)C(CC(=O)N1CCCC1C(CC(=O)NCCC1=CCCC=C1)OC)OC. The van der Waals surface area contributed by atoms with Crippen LogP contribution in [0.1, 0.15) is 72.1 Å². The average Bonchev–Trinajstić information content (AvgIpc) is 3.30. The Hall–Kier alpha value is -1.66. The maximum absolute atomic E-state index is 13.2. The Kier molecular flexibility index (Phi) is 11.5. The molecule has 0 saturated carbocycles. The zero-order valence-corrected chi connectivity index (χ0v) is 20.8. The summed E-state index contributed by atoms with van der Waals surface area (Å²) >= 11 is 0. The standard InChI is InChI=1S/C26H44N2O4/c1-6-19(2)20(3)23(31-4)18-26(30)28-16-10-13-22(28)24(32-5)17-25(29)27-15-14-21-11-8-7-9-12-21/h8,11-12,19-20,22-24H,6-7,9-10,13-18H2,1-5H3,(H,27,29). The molecule has 2 amide bonds.